The number of hydrogen-bond donors (Lipinski definition) is 5. The summed E-state index contributed by atoms with van der Waals surface area (Å²) in [4.78, 5) is 35.5. The fourth-order valence-electron chi connectivity index (χ4n) is 2.24. The summed E-state index contributed by atoms with van der Waals surface area (Å²) in [6.07, 6.45) is 0. The first-order chi connectivity index (χ1) is 11.5. The summed E-state index contributed by atoms with van der Waals surface area (Å²) in [7, 11) is -1.77. The molecule has 0 radical (unpaired) electrons. The molecule has 1 aromatic carbocycles. The number of aromatic hydroxyl groups is 1. The predicted octanol–water partition coefficient (Wildman–Crippen LogP) is 0.449. The van der Waals surface area contributed by atoms with Gasteiger partial charge in [0.1, 0.15) is 24.4 Å². The number of aliphatic hydroxyl groups is 1. The lowest BCUT2D eigenvalue weighted by atomic mass is 10.1. The summed E-state index contributed by atoms with van der Waals surface area (Å²) in [5.41, 5.74) is 0.356. The molecule has 0 aliphatic rings. The normalized spacial score (nSPS) is 13.6. The van der Waals surface area contributed by atoms with Gasteiger partial charge in [0, 0.05) is 8.07 Å². The molecule has 0 fully saturated rings. The number of carboxylic acids is 1. The number of nitrogens with one attached hydrogen (secondary N) is 2. The van der Waals surface area contributed by atoms with Gasteiger partial charge in [-0.1, -0.05) is 31.8 Å². The minimum atomic E-state index is -1.77. The molecule has 2 amide bonds. The maximum Gasteiger partial charge on any atom is 0.325 e. The Labute approximate surface area is 146 Å². The smallest absolute Gasteiger partial charge is 0.325 e. The van der Waals surface area contributed by atoms with E-state index < -0.39 is 44.5 Å². The van der Waals surface area contributed by atoms with Gasteiger partial charge in [-0.3, -0.25) is 14.4 Å². The maximum absolute atomic E-state index is 12.6. The first-order valence-electron chi connectivity index (χ1n) is 7.76. The molecule has 0 aliphatic carbocycles. The molecule has 1 rings (SSSR count). The quantitative estimate of drug-likeness (QED) is 0.423. The van der Waals surface area contributed by atoms with Crippen molar-refractivity contribution in [2.45, 2.75) is 37.8 Å². The van der Waals surface area contributed by atoms with Crippen molar-refractivity contribution in [2.24, 2.45) is 0 Å². The van der Waals surface area contributed by atoms with Gasteiger partial charge in [0.05, 0.1) is 0 Å². The van der Waals surface area contributed by atoms with E-state index in [4.69, 9.17) is 5.11 Å². The van der Waals surface area contributed by atoms with Crippen molar-refractivity contribution in [3.63, 3.8) is 0 Å². The molecule has 0 bridgehead atoms. The van der Waals surface area contributed by atoms with Crippen LogP contribution in [0.2, 0.25) is 25.7 Å². The minimum absolute atomic E-state index is 0.0152. The van der Waals surface area contributed by atoms with Gasteiger partial charge in [-0.15, -0.1) is 0 Å². The van der Waals surface area contributed by atoms with Crippen LogP contribution in [-0.2, 0) is 14.4 Å². The van der Waals surface area contributed by atoms with E-state index in [-0.39, 0.29) is 5.75 Å². The fraction of sp³-hybridized carbons (Fsp3) is 0.438. The van der Waals surface area contributed by atoms with E-state index in [0.717, 1.165) is 0 Å². The Morgan fingerprint density at radius 2 is 1.64 bits per heavy atom. The van der Waals surface area contributed by atoms with Crippen LogP contribution in [0.1, 0.15) is 11.6 Å². The molecule has 138 valence electrons. The molecular formula is C16H24N2O6Si. The average molecular weight is 368 g/mol. The molecule has 2 atom stereocenters. The second kappa shape index (κ2) is 8.63. The number of aliphatic hydroxyl groups excluding tert-OH is 1. The zero-order valence-electron chi connectivity index (χ0n) is 14.4. The van der Waals surface area contributed by atoms with Crippen molar-refractivity contribution < 1.29 is 29.7 Å². The number of carboxylic acid groups (broad SMARTS) is 1. The third-order valence-corrected chi connectivity index (χ3v) is 5.00. The zero-order valence-corrected chi connectivity index (χ0v) is 15.4. The minimum Gasteiger partial charge on any atom is -0.508 e. The molecule has 25 heavy (non-hydrogen) atoms. The number of benzene rings is 1. The van der Waals surface area contributed by atoms with Crippen molar-refractivity contribution in [3.05, 3.63) is 29.8 Å². The topological polar surface area (TPSA) is 136 Å². The third-order valence-electron chi connectivity index (χ3n) is 3.37. The molecule has 0 aliphatic heterocycles. The molecule has 2 unspecified atom stereocenters. The van der Waals surface area contributed by atoms with Crippen LogP contribution in [0, 0.1) is 0 Å². The second-order valence-corrected chi connectivity index (χ2v) is 12.4. The summed E-state index contributed by atoms with van der Waals surface area (Å²) in [6.45, 7) is 5.15. The van der Waals surface area contributed by atoms with Crippen LogP contribution in [0.4, 0.5) is 0 Å². The summed E-state index contributed by atoms with van der Waals surface area (Å²) in [5.74, 6) is -2.63. The number of hydrogen-bond acceptors (Lipinski definition) is 5. The van der Waals surface area contributed by atoms with Crippen LogP contribution in [0.3, 0.4) is 0 Å². The molecule has 0 saturated heterocycles. The van der Waals surface area contributed by atoms with E-state index in [2.05, 4.69) is 10.6 Å². The summed E-state index contributed by atoms with van der Waals surface area (Å²) < 4.78 is 0. The number of rotatable bonds is 8. The predicted molar refractivity (Wildman–Crippen MR) is 93.8 cm³/mol. The number of phenols is 1. The van der Waals surface area contributed by atoms with Gasteiger partial charge in [0.2, 0.25) is 11.8 Å². The first kappa shape index (κ1) is 20.7. The molecule has 0 aromatic heterocycles. The van der Waals surface area contributed by atoms with Crippen LogP contribution in [-0.4, -0.2) is 53.8 Å². The number of carbonyl (C=O) groups excluding carboxylic acids is 2. The Morgan fingerprint density at radius 1 is 1.08 bits per heavy atom. The summed E-state index contributed by atoms with van der Waals surface area (Å²) in [5, 5.41) is 32.4. The lowest BCUT2D eigenvalue weighted by Crippen LogP contribution is -2.49. The lowest BCUT2D eigenvalue weighted by Gasteiger charge is -2.25. The number of amides is 2. The SMILES string of the molecule is C[Si](C)(C)CC(NC(=O)C(NC(=O)CO)c1ccc(O)cc1)C(=O)O. The summed E-state index contributed by atoms with van der Waals surface area (Å²) >= 11 is 0. The van der Waals surface area contributed by atoms with E-state index >= 15 is 0 Å². The Kier molecular flexibility index (Phi) is 7.13. The maximum atomic E-state index is 12.6. The van der Waals surface area contributed by atoms with Crippen LogP contribution in [0.15, 0.2) is 24.3 Å². The van der Waals surface area contributed by atoms with E-state index in [9.17, 15) is 24.6 Å². The second-order valence-electron chi connectivity index (χ2n) is 6.91. The van der Waals surface area contributed by atoms with Gasteiger partial charge >= 0.3 is 5.97 Å². The van der Waals surface area contributed by atoms with E-state index in [1.807, 2.05) is 19.6 Å². The number of phenolic OH excluding ortho intramolecular Hbond substituents is 1. The Balaban J connectivity index is 3.03. The standard InChI is InChI=1S/C16H24N2O6Si/c1-25(2,3)9-12(16(23)24)17-15(22)14(18-13(21)8-19)10-4-6-11(20)7-5-10/h4-7,12,14,19-20H,8-9H2,1-3H3,(H,17,22)(H,18,21)(H,23,24). The molecular weight excluding hydrogens is 344 g/mol. The molecule has 9 heteroatoms. The van der Waals surface area contributed by atoms with E-state index in [0.29, 0.717) is 11.6 Å². The third kappa shape index (κ3) is 6.94. The molecule has 0 heterocycles. The van der Waals surface area contributed by atoms with Gasteiger partial charge < -0.3 is 26.0 Å². The first-order valence-corrected chi connectivity index (χ1v) is 11.5. The largest absolute Gasteiger partial charge is 0.508 e. The molecule has 8 nitrogen and oxygen atoms in total. The van der Waals surface area contributed by atoms with Crippen molar-refractivity contribution in [3.8, 4) is 5.75 Å². The Bertz CT molecular complexity index is 627. The van der Waals surface area contributed by atoms with Crippen LogP contribution < -0.4 is 10.6 Å². The zero-order chi connectivity index (χ0) is 19.2. The van der Waals surface area contributed by atoms with Gasteiger partial charge in [-0.2, -0.15) is 0 Å². The van der Waals surface area contributed by atoms with Crippen LogP contribution in [0.25, 0.3) is 0 Å². The van der Waals surface area contributed by atoms with Gasteiger partial charge in [0.25, 0.3) is 0 Å². The monoisotopic (exact) mass is 368 g/mol. The van der Waals surface area contributed by atoms with Gasteiger partial charge in [-0.25, -0.2) is 0 Å². The molecule has 0 spiro atoms. The summed E-state index contributed by atoms with van der Waals surface area (Å²) in [6, 6.07) is 3.66. The van der Waals surface area contributed by atoms with Crippen molar-refractivity contribution in [1.82, 2.24) is 10.6 Å². The number of aliphatic carboxylic acids is 1. The molecule has 5 N–H and O–H groups in total. The van der Waals surface area contributed by atoms with Gasteiger partial charge in [0.15, 0.2) is 0 Å². The highest BCUT2D eigenvalue weighted by Crippen LogP contribution is 2.19. The average Bonchev–Trinajstić information content (AvgIpc) is 2.51. The van der Waals surface area contributed by atoms with E-state index in [1.54, 1.807) is 0 Å². The van der Waals surface area contributed by atoms with Crippen molar-refractivity contribution in [2.75, 3.05) is 6.61 Å². The van der Waals surface area contributed by atoms with Crippen molar-refractivity contribution in [1.29, 1.82) is 0 Å². The fourth-order valence-corrected chi connectivity index (χ4v) is 3.74. The lowest BCUT2D eigenvalue weighted by molar-refractivity contribution is -0.141. The van der Waals surface area contributed by atoms with Crippen LogP contribution in [0.5, 0.6) is 5.75 Å². The number of carbonyl (C=O) groups is 3. The highest BCUT2D eigenvalue weighted by molar-refractivity contribution is 6.76. The Morgan fingerprint density at radius 3 is 2.08 bits per heavy atom. The van der Waals surface area contributed by atoms with E-state index in [1.165, 1.54) is 24.3 Å². The van der Waals surface area contributed by atoms with Gasteiger partial charge in [-0.05, 0) is 23.7 Å². The van der Waals surface area contributed by atoms with Crippen LogP contribution >= 0.6 is 0 Å². The highest BCUT2D eigenvalue weighted by atomic mass is 28.3. The molecule has 1 aromatic rings. The highest BCUT2D eigenvalue weighted by Gasteiger charge is 2.31. The molecule has 0 saturated carbocycles. The Hall–Kier alpha value is -2.39. The van der Waals surface area contributed by atoms with Crippen molar-refractivity contribution >= 4 is 25.9 Å².